The van der Waals surface area contributed by atoms with Gasteiger partial charge in [-0.15, -0.1) is 11.8 Å². The van der Waals surface area contributed by atoms with Gasteiger partial charge in [0.1, 0.15) is 6.29 Å². The van der Waals surface area contributed by atoms with Crippen LogP contribution in [-0.4, -0.2) is 30.4 Å². The normalized spacial score (nSPS) is 29.1. The fourth-order valence-electron chi connectivity index (χ4n) is 0.823. The van der Waals surface area contributed by atoms with Crippen LogP contribution in [0, 0.1) is 0 Å². The minimum atomic E-state index is 0.201. The quantitative estimate of drug-likeness (QED) is 0.537. The molecule has 1 fully saturated rings. The minimum absolute atomic E-state index is 0.201. The van der Waals surface area contributed by atoms with E-state index in [1.807, 2.05) is 0 Å². The van der Waals surface area contributed by atoms with Crippen molar-refractivity contribution < 1.29 is 4.79 Å². The van der Waals surface area contributed by atoms with Crippen molar-refractivity contribution in [3.05, 3.63) is 0 Å². The van der Waals surface area contributed by atoms with Gasteiger partial charge >= 0.3 is 0 Å². The summed E-state index contributed by atoms with van der Waals surface area (Å²) in [4.78, 5) is 10.3. The van der Waals surface area contributed by atoms with Gasteiger partial charge in [0.05, 0.1) is 5.25 Å². The van der Waals surface area contributed by atoms with Crippen molar-refractivity contribution in [1.82, 2.24) is 5.32 Å². The maximum absolute atomic E-state index is 10.3. The smallest absolute Gasteiger partial charge is 0.134 e. The standard InChI is InChI=1S/C6H11NOS/c8-5-6-4-7-2-1-3-9-6/h5-7H,1-4H2. The Kier molecular flexibility index (Phi) is 3.08. The van der Waals surface area contributed by atoms with Crippen molar-refractivity contribution in [3.8, 4) is 0 Å². The molecular formula is C6H11NOS. The molecule has 0 aliphatic carbocycles. The number of carbonyl (C=O) groups excluding carboxylic acids is 1. The summed E-state index contributed by atoms with van der Waals surface area (Å²) in [6, 6.07) is 0. The van der Waals surface area contributed by atoms with E-state index in [2.05, 4.69) is 5.32 Å². The first kappa shape index (κ1) is 7.09. The summed E-state index contributed by atoms with van der Waals surface area (Å²) >= 11 is 1.75. The number of aldehydes is 1. The molecule has 1 rings (SSSR count). The molecule has 0 saturated carbocycles. The zero-order valence-corrected chi connectivity index (χ0v) is 6.12. The van der Waals surface area contributed by atoms with Crippen LogP contribution >= 0.6 is 11.8 Å². The molecule has 0 aromatic rings. The second-order valence-corrected chi connectivity index (χ2v) is 3.45. The maximum atomic E-state index is 10.3. The molecule has 0 spiro atoms. The molecule has 1 aliphatic heterocycles. The lowest BCUT2D eigenvalue weighted by Crippen LogP contribution is -2.23. The van der Waals surface area contributed by atoms with Crippen molar-refractivity contribution in [2.75, 3.05) is 18.8 Å². The topological polar surface area (TPSA) is 29.1 Å². The van der Waals surface area contributed by atoms with Gasteiger partial charge in [0.15, 0.2) is 0 Å². The minimum Gasteiger partial charge on any atom is -0.315 e. The van der Waals surface area contributed by atoms with Gasteiger partial charge in [-0.25, -0.2) is 0 Å². The van der Waals surface area contributed by atoms with E-state index in [1.54, 1.807) is 11.8 Å². The second-order valence-electron chi connectivity index (χ2n) is 2.10. The Hall–Kier alpha value is -0.0200. The molecule has 1 aliphatic rings. The molecule has 2 nitrogen and oxygen atoms in total. The molecule has 1 saturated heterocycles. The number of nitrogens with one attached hydrogen (secondary N) is 1. The van der Waals surface area contributed by atoms with Crippen LogP contribution in [0.25, 0.3) is 0 Å². The van der Waals surface area contributed by atoms with Crippen LogP contribution < -0.4 is 5.32 Å². The molecule has 0 aromatic heterocycles. The lowest BCUT2D eigenvalue weighted by atomic mass is 10.4. The summed E-state index contributed by atoms with van der Waals surface area (Å²) in [6.07, 6.45) is 2.22. The van der Waals surface area contributed by atoms with Crippen LogP contribution in [0.15, 0.2) is 0 Å². The molecule has 0 amide bonds. The summed E-state index contributed by atoms with van der Waals surface area (Å²) in [5, 5.41) is 3.40. The van der Waals surface area contributed by atoms with Gasteiger partial charge < -0.3 is 10.1 Å². The number of rotatable bonds is 1. The fraction of sp³-hybridized carbons (Fsp3) is 0.833. The highest BCUT2D eigenvalue weighted by atomic mass is 32.2. The molecule has 1 N–H and O–H groups in total. The summed E-state index contributed by atoms with van der Waals surface area (Å²) in [6.45, 7) is 1.92. The van der Waals surface area contributed by atoms with Crippen molar-refractivity contribution >= 4 is 18.0 Å². The molecule has 3 heteroatoms. The van der Waals surface area contributed by atoms with Crippen LogP contribution in [-0.2, 0) is 4.79 Å². The molecule has 0 aromatic carbocycles. The SMILES string of the molecule is O=CC1CNCCCS1. The summed E-state index contributed by atoms with van der Waals surface area (Å²) < 4.78 is 0. The van der Waals surface area contributed by atoms with E-state index in [4.69, 9.17) is 0 Å². The third-order valence-electron chi connectivity index (χ3n) is 1.33. The van der Waals surface area contributed by atoms with Crippen LogP contribution in [0.5, 0.6) is 0 Å². The van der Waals surface area contributed by atoms with Crippen LogP contribution in [0.1, 0.15) is 6.42 Å². The number of hydrogen-bond acceptors (Lipinski definition) is 3. The summed E-state index contributed by atoms with van der Waals surface area (Å²) in [5.74, 6) is 1.12. The first-order valence-corrected chi connectivity index (χ1v) is 4.26. The molecular weight excluding hydrogens is 134 g/mol. The molecule has 9 heavy (non-hydrogen) atoms. The third-order valence-corrected chi connectivity index (χ3v) is 2.56. The van der Waals surface area contributed by atoms with Crippen LogP contribution in [0.4, 0.5) is 0 Å². The highest BCUT2D eigenvalue weighted by Gasteiger charge is 2.09. The predicted octanol–water partition coefficient (Wildman–Crippen LogP) is 0.280. The average Bonchev–Trinajstić information content (AvgIpc) is 2.13. The molecule has 0 radical (unpaired) electrons. The molecule has 1 unspecified atom stereocenters. The number of hydrogen-bond donors (Lipinski definition) is 1. The third kappa shape index (κ3) is 2.37. The Morgan fingerprint density at radius 3 is 3.33 bits per heavy atom. The van der Waals surface area contributed by atoms with Gasteiger partial charge in [-0.05, 0) is 18.7 Å². The zero-order valence-electron chi connectivity index (χ0n) is 5.30. The van der Waals surface area contributed by atoms with Crippen molar-refractivity contribution in [1.29, 1.82) is 0 Å². The molecule has 1 heterocycles. The van der Waals surface area contributed by atoms with E-state index in [-0.39, 0.29) is 5.25 Å². The van der Waals surface area contributed by atoms with Crippen molar-refractivity contribution in [3.63, 3.8) is 0 Å². The molecule has 52 valence electrons. The number of carbonyl (C=O) groups is 1. The van der Waals surface area contributed by atoms with Gasteiger partial charge in [0.25, 0.3) is 0 Å². The van der Waals surface area contributed by atoms with E-state index in [9.17, 15) is 4.79 Å². The average molecular weight is 145 g/mol. The highest BCUT2D eigenvalue weighted by molar-refractivity contribution is 8.00. The Balaban J connectivity index is 2.26. The lowest BCUT2D eigenvalue weighted by Gasteiger charge is -2.02. The molecule has 0 bridgehead atoms. The van der Waals surface area contributed by atoms with Gasteiger partial charge in [-0.3, -0.25) is 0 Å². The maximum Gasteiger partial charge on any atom is 0.134 e. The highest BCUT2D eigenvalue weighted by Crippen LogP contribution is 2.11. The summed E-state index contributed by atoms with van der Waals surface area (Å²) in [7, 11) is 0. The zero-order chi connectivity index (χ0) is 6.53. The summed E-state index contributed by atoms with van der Waals surface area (Å²) in [5.41, 5.74) is 0. The Morgan fingerprint density at radius 1 is 1.67 bits per heavy atom. The van der Waals surface area contributed by atoms with Crippen molar-refractivity contribution in [2.45, 2.75) is 11.7 Å². The predicted molar refractivity (Wildman–Crippen MR) is 39.8 cm³/mol. The van der Waals surface area contributed by atoms with Crippen molar-refractivity contribution in [2.24, 2.45) is 0 Å². The first-order chi connectivity index (χ1) is 4.43. The van der Waals surface area contributed by atoms with Gasteiger partial charge in [0.2, 0.25) is 0 Å². The monoisotopic (exact) mass is 145 g/mol. The van der Waals surface area contributed by atoms with Gasteiger partial charge in [-0.1, -0.05) is 0 Å². The van der Waals surface area contributed by atoms with E-state index < -0.39 is 0 Å². The van der Waals surface area contributed by atoms with Crippen LogP contribution in [0.3, 0.4) is 0 Å². The van der Waals surface area contributed by atoms with Crippen LogP contribution in [0.2, 0.25) is 0 Å². The number of thioether (sulfide) groups is 1. The van der Waals surface area contributed by atoms with E-state index in [1.165, 1.54) is 6.42 Å². The Morgan fingerprint density at radius 2 is 2.56 bits per heavy atom. The lowest BCUT2D eigenvalue weighted by molar-refractivity contribution is -0.107. The first-order valence-electron chi connectivity index (χ1n) is 3.21. The molecule has 1 atom stereocenters. The van der Waals surface area contributed by atoms with Gasteiger partial charge in [-0.2, -0.15) is 0 Å². The fourth-order valence-corrected chi connectivity index (χ4v) is 1.75. The van der Waals surface area contributed by atoms with E-state index in [0.717, 1.165) is 25.1 Å². The Labute approximate surface area is 59.4 Å². The second kappa shape index (κ2) is 3.90. The van der Waals surface area contributed by atoms with E-state index >= 15 is 0 Å². The Bertz CT molecular complexity index is 89.1. The largest absolute Gasteiger partial charge is 0.315 e. The van der Waals surface area contributed by atoms with Gasteiger partial charge in [0, 0.05) is 6.54 Å². The van der Waals surface area contributed by atoms with E-state index in [0.29, 0.717) is 0 Å².